The summed E-state index contributed by atoms with van der Waals surface area (Å²) in [6, 6.07) is 59.7. The van der Waals surface area contributed by atoms with Crippen LogP contribution in [0.3, 0.4) is 0 Å². The normalized spacial score (nSPS) is 11.6. The van der Waals surface area contributed by atoms with Crippen LogP contribution in [0.5, 0.6) is 0 Å². The van der Waals surface area contributed by atoms with E-state index in [9.17, 15) is 0 Å². The van der Waals surface area contributed by atoms with Crippen molar-refractivity contribution in [3.8, 4) is 51.0 Å². The van der Waals surface area contributed by atoms with E-state index in [2.05, 4.69) is 138 Å². The van der Waals surface area contributed by atoms with Crippen LogP contribution in [0.2, 0.25) is 0 Å². The number of para-hydroxylation sites is 2. The lowest BCUT2D eigenvalue weighted by Gasteiger charge is -2.12. The van der Waals surface area contributed by atoms with Gasteiger partial charge in [-0.05, 0) is 54.1 Å². The number of thiophene rings is 1. The summed E-state index contributed by atoms with van der Waals surface area (Å²) in [7, 11) is 0. The number of hydrogen-bond donors (Lipinski definition) is 0. The van der Waals surface area contributed by atoms with Crippen molar-refractivity contribution in [2.24, 2.45) is 0 Å². The van der Waals surface area contributed by atoms with E-state index in [1.54, 1.807) is 0 Å². The van der Waals surface area contributed by atoms with Crippen LogP contribution in [0, 0.1) is 0 Å². The Bertz CT molecular complexity index is 2800. The van der Waals surface area contributed by atoms with Gasteiger partial charge in [-0.3, -0.25) is 0 Å². The SMILES string of the molecule is c1ccc(-c2nc(-c3ccccc3)nc(-c3cc(-c4ccc5c(c4)c4ccccc4n5-c4ccccc4)c4sc5ccccc5c4c3)n2)cc1. The van der Waals surface area contributed by atoms with Gasteiger partial charge in [-0.1, -0.05) is 121 Å². The van der Waals surface area contributed by atoms with Gasteiger partial charge in [0.1, 0.15) is 0 Å². The molecule has 0 saturated carbocycles. The minimum atomic E-state index is 0.651. The number of hydrogen-bond acceptors (Lipinski definition) is 4. The molecule has 0 bridgehead atoms. The highest BCUT2D eigenvalue weighted by atomic mass is 32.1. The first-order chi connectivity index (χ1) is 24.8. The predicted octanol–water partition coefficient (Wildman–Crippen LogP) is 12.0. The Hall–Kier alpha value is -6.43. The maximum absolute atomic E-state index is 5.11. The molecule has 0 radical (unpaired) electrons. The molecular weight excluding hydrogens is 629 g/mol. The monoisotopic (exact) mass is 656 g/mol. The smallest absolute Gasteiger partial charge is 0.164 e. The van der Waals surface area contributed by atoms with Gasteiger partial charge < -0.3 is 4.57 Å². The van der Waals surface area contributed by atoms with E-state index in [1.807, 2.05) is 47.7 Å². The van der Waals surface area contributed by atoms with Crippen LogP contribution in [0.1, 0.15) is 0 Å². The lowest BCUT2D eigenvalue weighted by Crippen LogP contribution is -2.00. The highest BCUT2D eigenvalue weighted by Gasteiger charge is 2.19. The first kappa shape index (κ1) is 28.6. The number of rotatable bonds is 5. The second kappa shape index (κ2) is 11.6. The molecule has 0 aliphatic carbocycles. The molecule has 0 N–H and O–H groups in total. The summed E-state index contributed by atoms with van der Waals surface area (Å²) in [5.41, 5.74) is 8.72. The van der Waals surface area contributed by atoms with Crippen molar-refractivity contribution < 1.29 is 0 Å². The van der Waals surface area contributed by atoms with Crippen molar-refractivity contribution in [3.05, 3.63) is 170 Å². The van der Waals surface area contributed by atoms with Crippen molar-refractivity contribution in [1.82, 2.24) is 19.5 Å². The minimum absolute atomic E-state index is 0.651. The van der Waals surface area contributed by atoms with Gasteiger partial charge in [-0.25, -0.2) is 15.0 Å². The number of aromatic nitrogens is 4. The molecule has 3 heterocycles. The predicted molar refractivity (Wildman–Crippen MR) is 209 cm³/mol. The van der Waals surface area contributed by atoms with Gasteiger partial charge in [-0.2, -0.15) is 0 Å². The first-order valence-corrected chi connectivity index (χ1v) is 17.5. The third-order valence-electron chi connectivity index (χ3n) is 9.43. The van der Waals surface area contributed by atoms with Crippen molar-refractivity contribution in [2.45, 2.75) is 0 Å². The van der Waals surface area contributed by atoms with Gasteiger partial charge in [0.25, 0.3) is 0 Å². The molecule has 4 nitrogen and oxygen atoms in total. The average Bonchev–Trinajstić information content (AvgIpc) is 3.74. The van der Waals surface area contributed by atoms with Crippen LogP contribution in [-0.2, 0) is 0 Å². The molecule has 10 aromatic rings. The van der Waals surface area contributed by atoms with Crippen molar-refractivity contribution in [3.63, 3.8) is 0 Å². The molecule has 5 heteroatoms. The molecule has 0 spiro atoms. The molecule has 0 aliphatic heterocycles. The van der Waals surface area contributed by atoms with Crippen LogP contribution >= 0.6 is 11.3 Å². The maximum atomic E-state index is 5.11. The molecule has 234 valence electrons. The molecule has 7 aromatic carbocycles. The summed E-state index contributed by atoms with van der Waals surface area (Å²) < 4.78 is 4.87. The highest BCUT2D eigenvalue weighted by molar-refractivity contribution is 7.26. The molecule has 50 heavy (non-hydrogen) atoms. The molecule has 0 fully saturated rings. The van der Waals surface area contributed by atoms with Gasteiger partial charge in [0, 0.05) is 58.9 Å². The third kappa shape index (κ3) is 4.71. The third-order valence-corrected chi connectivity index (χ3v) is 10.7. The van der Waals surface area contributed by atoms with Crippen LogP contribution in [0.25, 0.3) is 93.0 Å². The second-order valence-corrected chi connectivity index (χ2v) is 13.5. The Balaban J connectivity index is 1.24. The highest BCUT2D eigenvalue weighted by Crippen LogP contribution is 2.44. The molecule has 0 unspecified atom stereocenters. The van der Waals surface area contributed by atoms with Gasteiger partial charge in [0.2, 0.25) is 0 Å². The standard InChI is InChI=1S/C45H28N4S/c1-4-14-29(15-5-1)43-46-44(30-16-6-2-7-17-30)48-45(47-43)32-27-36(42-38(28-32)35-21-11-13-23-41(35)50-42)31-24-25-40-37(26-31)34-20-10-12-22-39(34)49(40)33-18-8-3-9-19-33/h1-28H. The summed E-state index contributed by atoms with van der Waals surface area (Å²) in [6.45, 7) is 0. The summed E-state index contributed by atoms with van der Waals surface area (Å²) in [5, 5.41) is 4.89. The van der Waals surface area contributed by atoms with Crippen LogP contribution in [0.4, 0.5) is 0 Å². The average molecular weight is 657 g/mol. The molecular formula is C45H28N4S. The van der Waals surface area contributed by atoms with E-state index in [1.165, 1.54) is 47.5 Å². The Kier molecular flexibility index (Phi) is 6.64. The molecule has 3 aromatic heterocycles. The number of benzene rings is 7. The fraction of sp³-hybridized carbons (Fsp3) is 0. The Morgan fingerprint density at radius 1 is 0.380 bits per heavy atom. The quantitative estimate of drug-likeness (QED) is 0.185. The summed E-state index contributed by atoms with van der Waals surface area (Å²) in [6.07, 6.45) is 0. The largest absolute Gasteiger partial charge is 0.309 e. The van der Waals surface area contributed by atoms with E-state index in [0.717, 1.165) is 27.9 Å². The molecule has 0 atom stereocenters. The van der Waals surface area contributed by atoms with Crippen LogP contribution in [-0.4, -0.2) is 19.5 Å². The van der Waals surface area contributed by atoms with Crippen LogP contribution in [0.15, 0.2) is 170 Å². The van der Waals surface area contributed by atoms with Gasteiger partial charge in [0.05, 0.1) is 11.0 Å². The summed E-state index contributed by atoms with van der Waals surface area (Å²) in [4.78, 5) is 15.2. The zero-order valence-electron chi connectivity index (χ0n) is 26.9. The Labute approximate surface area is 292 Å². The Morgan fingerprint density at radius 3 is 1.62 bits per heavy atom. The molecule has 0 amide bonds. The number of nitrogens with zero attached hydrogens (tertiary/aromatic N) is 4. The lowest BCUT2D eigenvalue weighted by atomic mass is 9.97. The van der Waals surface area contributed by atoms with E-state index < -0.39 is 0 Å². The summed E-state index contributed by atoms with van der Waals surface area (Å²) >= 11 is 1.84. The van der Waals surface area contributed by atoms with E-state index in [0.29, 0.717) is 17.5 Å². The zero-order valence-corrected chi connectivity index (χ0v) is 27.7. The molecule has 0 saturated heterocycles. The number of fused-ring (bicyclic) bond motifs is 6. The fourth-order valence-corrected chi connectivity index (χ4v) is 8.32. The Morgan fingerprint density at radius 2 is 0.920 bits per heavy atom. The molecule has 10 rings (SSSR count). The van der Waals surface area contributed by atoms with E-state index in [4.69, 9.17) is 15.0 Å². The van der Waals surface area contributed by atoms with Gasteiger partial charge in [0.15, 0.2) is 17.5 Å². The topological polar surface area (TPSA) is 43.6 Å². The zero-order chi connectivity index (χ0) is 33.0. The van der Waals surface area contributed by atoms with Crippen molar-refractivity contribution in [2.75, 3.05) is 0 Å². The lowest BCUT2D eigenvalue weighted by molar-refractivity contribution is 1.07. The van der Waals surface area contributed by atoms with E-state index in [-0.39, 0.29) is 0 Å². The van der Waals surface area contributed by atoms with E-state index >= 15 is 0 Å². The van der Waals surface area contributed by atoms with Crippen LogP contribution < -0.4 is 0 Å². The first-order valence-electron chi connectivity index (χ1n) is 16.7. The van der Waals surface area contributed by atoms with Crippen molar-refractivity contribution >= 4 is 53.3 Å². The molecule has 0 aliphatic rings. The van der Waals surface area contributed by atoms with Crippen molar-refractivity contribution in [1.29, 1.82) is 0 Å². The fourth-order valence-electron chi connectivity index (χ4n) is 7.10. The summed E-state index contributed by atoms with van der Waals surface area (Å²) in [5.74, 6) is 1.96. The van der Waals surface area contributed by atoms with Gasteiger partial charge in [-0.15, -0.1) is 11.3 Å². The maximum Gasteiger partial charge on any atom is 0.164 e. The minimum Gasteiger partial charge on any atom is -0.309 e. The van der Waals surface area contributed by atoms with Gasteiger partial charge >= 0.3 is 0 Å². The second-order valence-electron chi connectivity index (χ2n) is 12.5.